The minimum absolute atomic E-state index is 0.591. The summed E-state index contributed by atoms with van der Waals surface area (Å²) < 4.78 is 10.9. The summed E-state index contributed by atoms with van der Waals surface area (Å²) in [5, 5.41) is 7.21. The first kappa shape index (κ1) is 17.9. The number of methoxy groups -OCH3 is 1. The highest BCUT2D eigenvalue weighted by atomic mass is 35.5. The van der Waals surface area contributed by atoms with Gasteiger partial charge in [0.25, 0.3) is 0 Å². The highest BCUT2D eigenvalue weighted by molar-refractivity contribution is 6.30. The fraction of sp³-hybridized carbons (Fsp3) is 0.278. The number of hydrogen-bond donors (Lipinski definition) is 2. The van der Waals surface area contributed by atoms with Crippen molar-refractivity contribution in [2.45, 2.75) is 13.5 Å². The summed E-state index contributed by atoms with van der Waals surface area (Å²) in [7, 11) is 3.35. The molecule has 0 saturated heterocycles. The fourth-order valence-corrected chi connectivity index (χ4v) is 2.25. The van der Waals surface area contributed by atoms with Crippen molar-refractivity contribution in [3.8, 4) is 11.5 Å². The minimum atomic E-state index is 0.591. The lowest BCUT2D eigenvalue weighted by molar-refractivity contribution is 0.311. The Morgan fingerprint density at radius 1 is 1.12 bits per heavy atom. The van der Waals surface area contributed by atoms with Crippen LogP contribution in [0.2, 0.25) is 5.02 Å². The Kier molecular flexibility index (Phi) is 6.75. The molecule has 0 bridgehead atoms. The van der Waals surface area contributed by atoms with Crippen molar-refractivity contribution in [1.82, 2.24) is 5.32 Å². The maximum absolute atomic E-state index is 5.89. The average molecular weight is 348 g/mol. The third-order valence-electron chi connectivity index (χ3n) is 3.32. The van der Waals surface area contributed by atoms with Gasteiger partial charge in [0.05, 0.1) is 13.7 Å². The molecule has 24 heavy (non-hydrogen) atoms. The molecule has 6 heteroatoms. The van der Waals surface area contributed by atoms with Gasteiger partial charge in [0.15, 0.2) is 17.5 Å². The van der Waals surface area contributed by atoms with E-state index in [2.05, 4.69) is 15.6 Å². The van der Waals surface area contributed by atoms with Crippen LogP contribution < -0.4 is 20.1 Å². The van der Waals surface area contributed by atoms with E-state index in [4.69, 9.17) is 21.1 Å². The van der Waals surface area contributed by atoms with E-state index in [-0.39, 0.29) is 0 Å². The first-order valence-corrected chi connectivity index (χ1v) is 8.07. The van der Waals surface area contributed by atoms with Gasteiger partial charge in [-0.25, -0.2) is 0 Å². The number of aliphatic imine (C=N–C) groups is 1. The number of rotatable bonds is 6. The molecule has 0 radical (unpaired) electrons. The monoisotopic (exact) mass is 347 g/mol. The SMILES string of the molecule is CCOc1ccc(NC(=NC)NCc2ccc(Cl)cc2)cc1OC. The number of anilines is 1. The molecule has 0 saturated carbocycles. The maximum atomic E-state index is 5.89. The number of ether oxygens (including phenoxy) is 2. The summed E-state index contributed by atoms with van der Waals surface area (Å²) in [6.45, 7) is 3.17. The van der Waals surface area contributed by atoms with Crippen molar-refractivity contribution in [2.75, 3.05) is 26.1 Å². The van der Waals surface area contributed by atoms with Gasteiger partial charge in [-0.1, -0.05) is 23.7 Å². The van der Waals surface area contributed by atoms with Crippen LogP contribution in [0.4, 0.5) is 5.69 Å². The van der Waals surface area contributed by atoms with Gasteiger partial charge in [0.1, 0.15) is 0 Å². The summed E-state index contributed by atoms with van der Waals surface area (Å²) in [6.07, 6.45) is 0. The lowest BCUT2D eigenvalue weighted by Gasteiger charge is -2.14. The standard InChI is InChI=1S/C18H22ClN3O2/c1-4-24-16-10-9-15(11-17(16)23-3)22-18(20-2)21-12-13-5-7-14(19)8-6-13/h5-11H,4,12H2,1-3H3,(H2,20,21,22). The van der Waals surface area contributed by atoms with Crippen LogP contribution in [0.3, 0.4) is 0 Å². The van der Waals surface area contributed by atoms with Crippen molar-refractivity contribution in [1.29, 1.82) is 0 Å². The van der Waals surface area contributed by atoms with Crippen LogP contribution in [-0.4, -0.2) is 26.7 Å². The van der Waals surface area contributed by atoms with Gasteiger partial charge < -0.3 is 20.1 Å². The Hall–Kier alpha value is -2.40. The number of nitrogens with one attached hydrogen (secondary N) is 2. The Morgan fingerprint density at radius 2 is 1.88 bits per heavy atom. The van der Waals surface area contributed by atoms with Gasteiger partial charge in [-0.05, 0) is 36.8 Å². The molecule has 128 valence electrons. The van der Waals surface area contributed by atoms with Crippen LogP contribution >= 0.6 is 11.6 Å². The molecule has 0 aliphatic rings. The number of halogens is 1. The van der Waals surface area contributed by atoms with E-state index in [1.165, 1.54) is 0 Å². The number of benzene rings is 2. The van der Waals surface area contributed by atoms with Crippen LogP contribution in [-0.2, 0) is 6.54 Å². The van der Waals surface area contributed by atoms with Crippen molar-refractivity contribution in [3.63, 3.8) is 0 Å². The van der Waals surface area contributed by atoms with Gasteiger partial charge in [-0.3, -0.25) is 4.99 Å². The molecular weight excluding hydrogens is 326 g/mol. The van der Waals surface area contributed by atoms with Gasteiger partial charge in [-0.2, -0.15) is 0 Å². The summed E-state index contributed by atoms with van der Waals surface area (Å²) in [6, 6.07) is 13.4. The first-order chi connectivity index (χ1) is 11.7. The lowest BCUT2D eigenvalue weighted by atomic mass is 10.2. The Balaban J connectivity index is 2.00. The molecule has 0 aliphatic heterocycles. The molecule has 0 aliphatic carbocycles. The molecule has 2 aromatic rings. The first-order valence-electron chi connectivity index (χ1n) is 7.69. The highest BCUT2D eigenvalue weighted by Crippen LogP contribution is 2.30. The van der Waals surface area contributed by atoms with Crippen molar-refractivity contribution >= 4 is 23.2 Å². The number of nitrogens with zero attached hydrogens (tertiary/aromatic N) is 1. The topological polar surface area (TPSA) is 54.9 Å². The smallest absolute Gasteiger partial charge is 0.195 e. The molecule has 2 aromatic carbocycles. The van der Waals surface area contributed by atoms with E-state index in [0.717, 1.165) is 22.0 Å². The zero-order valence-electron chi connectivity index (χ0n) is 14.1. The fourth-order valence-electron chi connectivity index (χ4n) is 2.12. The quantitative estimate of drug-likeness (QED) is 0.614. The lowest BCUT2D eigenvalue weighted by Crippen LogP contribution is -2.30. The van der Waals surface area contributed by atoms with Crippen LogP contribution in [0.25, 0.3) is 0 Å². The van der Waals surface area contributed by atoms with Crippen LogP contribution in [0.1, 0.15) is 12.5 Å². The maximum Gasteiger partial charge on any atom is 0.195 e. The molecule has 0 aromatic heterocycles. The summed E-state index contributed by atoms with van der Waals surface area (Å²) >= 11 is 5.89. The Bertz CT molecular complexity index is 687. The molecule has 2 rings (SSSR count). The molecule has 0 heterocycles. The molecule has 5 nitrogen and oxygen atoms in total. The molecule has 2 N–H and O–H groups in total. The summed E-state index contributed by atoms with van der Waals surface area (Å²) in [5.41, 5.74) is 1.98. The second kappa shape index (κ2) is 9.03. The average Bonchev–Trinajstić information content (AvgIpc) is 2.61. The van der Waals surface area contributed by atoms with Crippen LogP contribution in [0.15, 0.2) is 47.5 Å². The Morgan fingerprint density at radius 3 is 2.50 bits per heavy atom. The third-order valence-corrected chi connectivity index (χ3v) is 3.58. The zero-order valence-corrected chi connectivity index (χ0v) is 14.9. The molecule has 0 unspecified atom stereocenters. The van der Waals surface area contributed by atoms with E-state index >= 15 is 0 Å². The molecule has 0 amide bonds. The van der Waals surface area contributed by atoms with Crippen molar-refractivity contribution < 1.29 is 9.47 Å². The second-order valence-corrected chi connectivity index (χ2v) is 5.41. The zero-order chi connectivity index (χ0) is 17.4. The van der Waals surface area contributed by atoms with Crippen LogP contribution in [0.5, 0.6) is 11.5 Å². The van der Waals surface area contributed by atoms with E-state index < -0.39 is 0 Å². The molecular formula is C18H22ClN3O2. The second-order valence-electron chi connectivity index (χ2n) is 4.98. The predicted molar refractivity (Wildman–Crippen MR) is 99.4 cm³/mol. The molecule has 0 fully saturated rings. The van der Waals surface area contributed by atoms with Crippen LogP contribution in [0, 0.1) is 0 Å². The van der Waals surface area contributed by atoms with E-state index in [0.29, 0.717) is 24.9 Å². The number of guanidine groups is 1. The predicted octanol–water partition coefficient (Wildman–Crippen LogP) is 3.93. The van der Waals surface area contributed by atoms with Gasteiger partial charge in [-0.15, -0.1) is 0 Å². The van der Waals surface area contributed by atoms with Crippen molar-refractivity contribution in [3.05, 3.63) is 53.1 Å². The molecule has 0 spiro atoms. The van der Waals surface area contributed by atoms with Gasteiger partial charge >= 0.3 is 0 Å². The van der Waals surface area contributed by atoms with E-state index in [9.17, 15) is 0 Å². The normalized spacial score (nSPS) is 11.1. The Labute approximate surface area is 147 Å². The number of hydrogen-bond acceptors (Lipinski definition) is 3. The van der Waals surface area contributed by atoms with Crippen molar-refractivity contribution in [2.24, 2.45) is 4.99 Å². The van der Waals surface area contributed by atoms with E-state index in [1.54, 1.807) is 14.2 Å². The summed E-state index contributed by atoms with van der Waals surface area (Å²) in [4.78, 5) is 4.23. The molecule has 0 atom stereocenters. The summed E-state index contributed by atoms with van der Waals surface area (Å²) in [5.74, 6) is 2.06. The van der Waals surface area contributed by atoms with E-state index in [1.807, 2.05) is 49.4 Å². The highest BCUT2D eigenvalue weighted by Gasteiger charge is 2.07. The largest absolute Gasteiger partial charge is 0.493 e. The van der Waals surface area contributed by atoms with Gasteiger partial charge in [0.2, 0.25) is 0 Å². The van der Waals surface area contributed by atoms with Gasteiger partial charge in [0, 0.05) is 30.4 Å². The third kappa shape index (κ3) is 5.06. The minimum Gasteiger partial charge on any atom is -0.493 e.